The predicted molar refractivity (Wildman–Crippen MR) is 78.6 cm³/mol. The summed E-state index contributed by atoms with van der Waals surface area (Å²) in [5, 5.41) is 4.23. The van der Waals surface area contributed by atoms with Crippen LogP contribution in [-0.2, 0) is 0 Å². The molecular weight excluding hydrogens is 250 g/mol. The van der Waals surface area contributed by atoms with Gasteiger partial charge in [0.15, 0.2) is 0 Å². The molecule has 4 nitrogen and oxygen atoms in total. The summed E-state index contributed by atoms with van der Waals surface area (Å²) >= 11 is 0. The molecule has 0 aliphatic rings. The summed E-state index contributed by atoms with van der Waals surface area (Å²) in [4.78, 5) is 14.0. The number of rotatable bonds is 5. The highest BCUT2D eigenvalue weighted by molar-refractivity contribution is 5.94. The van der Waals surface area contributed by atoms with Crippen LogP contribution in [0.15, 0.2) is 42.7 Å². The first-order chi connectivity index (χ1) is 9.76. The second-order valence-corrected chi connectivity index (χ2v) is 4.44. The molecular formula is C16H17N3O. The SMILES string of the molecule is C#CCN(CCC)C(=O)c1cnn(-c2ccccc2)c1. The van der Waals surface area contributed by atoms with Crippen molar-refractivity contribution in [3.63, 3.8) is 0 Å². The third-order valence-corrected chi connectivity index (χ3v) is 2.91. The van der Waals surface area contributed by atoms with Crippen molar-refractivity contribution in [3.05, 3.63) is 48.3 Å². The van der Waals surface area contributed by atoms with E-state index in [0.717, 1.165) is 12.1 Å². The van der Waals surface area contributed by atoms with Crippen LogP contribution in [0.4, 0.5) is 0 Å². The van der Waals surface area contributed by atoms with Crippen molar-refractivity contribution < 1.29 is 4.79 Å². The zero-order valence-corrected chi connectivity index (χ0v) is 11.5. The molecule has 0 atom stereocenters. The number of hydrogen-bond acceptors (Lipinski definition) is 2. The first-order valence-corrected chi connectivity index (χ1v) is 6.59. The van der Waals surface area contributed by atoms with Gasteiger partial charge in [-0.05, 0) is 18.6 Å². The maximum atomic E-state index is 12.3. The fraction of sp³-hybridized carbons (Fsp3) is 0.250. The smallest absolute Gasteiger partial charge is 0.257 e. The molecule has 0 bridgehead atoms. The molecule has 2 aromatic rings. The van der Waals surface area contributed by atoms with Gasteiger partial charge in [-0.1, -0.05) is 31.0 Å². The Hall–Kier alpha value is -2.54. The van der Waals surface area contributed by atoms with E-state index in [1.165, 1.54) is 0 Å². The Labute approximate surface area is 119 Å². The highest BCUT2D eigenvalue weighted by Gasteiger charge is 2.16. The second kappa shape index (κ2) is 6.58. The van der Waals surface area contributed by atoms with Crippen LogP contribution >= 0.6 is 0 Å². The van der Waals surface area contributed by atoms with E-state index < -0.39 is 0 Å². The third kappa shape index (κ3) is 3.07. The van der Waals surface area contributed by atoms with E-state index in [1.54, 1.807) is 22.0 Å². The largest absolute Gasteiger partial charge is 0.327 e. The predicted octanol–water partition coefficient (Wildman–Crippen LogP) is 2.36. The maximum absolute atomic E-state index is 12.3. The quantitative estimate of drug-likeness (QED) is 0.780. The van der Waals surface area contributed by atoms with Crippen LogP contribution in [0.5, 0.6) is 0 Å². The Morgan fingerprint density at radius 2 is 2.15 bits per heavy atom. The molecule has 0 aliphatic heterocycles. The first-order valence-electron chi connectivity index (χ1n) is 6.59. The lowest BCUT2D eigenvalue weighted by Gasteiger charge is -2.18. The van der Waals surface area contributed by atoms with E-state index in [2.05, 4.69) is 11.0 Å². The van der Waals surface area contributed by atoms with Gasteiger partial charge in [-0.3, -0.25) is 4.79 Å². The zero-order chi connectivity index (χ0) is 14.4. The molecule has 0 N–H and O–H groups in total. The van der Waals surface area contributed by atoms with Gasteiger partial charge in [-0.25, -0.2) is 4.68 Å². The molecule has 1 aromatic heterocycles. The fourth-order valence-corrected chi connectivity index (χ4v) is 1.97. The van der Waals surface area contributed by atoms with Gasteiger partial charge in [0.2, 0.25) is 0 Å². The lowest BCUT2D eigenvalue weighted by molar-refractivity contribution is 0.0777. The van der Waals surface area contributed by atoms with Crippen molar-refractivity contribution in [2.75, 3.05) is 13.1 Å². The van der Waals surface area contributed by atoms with E-state index in [1.807, 2.05) is 37.3 Å². The fourth-order valence-electron chi connectivity index (χ4n) is 1.97. The highest BCUT2D eigenvalue weighted by atomic mass is 16.2. The molecule has 0 fully saturated rings. The third-order valence-electron chi connectivity index (χ3n) is 2.91. The van der Waals surface area contributed by atoms with Gasteiger partial charge in [0, 0.05) is 12.7 Å². The van der Waals surface area contributed by atoms with E-state index in [-0.39, 0.29) is 5.91 Å². The number of para-hydroxylation sites is 1. The molecule has 20 heavy (non-hydrogen) atoms. The number of amides is 1. The molecule has 0 spiro atoms. The number of aromatic nitrogens is 2. The molecule has 0 saturated carbocycles. The van der Waals surface area contributed by atoms with Crippen LogP contribution in [0, 0.1) is 12.3 Å². The highest BCUT2D eigenvalue weighted by Crippen LogP contribution is 2.10. The number of terminal acetylenes is 1. The minimum Gasteiger partial charge on any atom is -0.327 e. The number of carbonyl (C=O) groups is 1. The van der Waals surface area contributed by atoms with E-state index in [4.69, 9.17) is 6.42 Å². The van der Waals surface area contributed by atoms with Crippen LogP contribution in [0.2, 0.25) is 0 Å². The Morgan fingerprint density at radius 3 is 2.80 bits per heavy atom. The molecule has 1 amide bonds. The van der Waals surface area contributed by atoms with Crippen LogP contribution < -0.4 is 0 Å². The van der Waals surface area contributed by atoms with E-state index in [0.29, 0.717) is 18.7 Å². The lowest BCUT2D eigenvalue weighted by atomic mass is 10.3. The van der Waals surface area contributed by atoms with Crippen molar-refractivity contribution in [1.82, 2.24) is 14.7 Å². The Morgan fingerprint density at radius 1 is 1.40 bits per heavy atom. The van der Waals surface area contributed by atoms with Crippen molar-refractivity contribution in [3.8, 4) is 18.0 Å². The molecule has 0 radical (unpaired) electrons. The van der Waals surface area contributed by atoms with Gasteiger partial charge in [0.25, 0.3) is 5.91 Å². The molecule has 1 aromatic carbocycles. The van der Waals surface area contributed by atoms with Crippen molar-refractivity contribution in [1.29, 1.82) is 0 Å². The van der Waals surface area contributed by atoms with E-state index >= 15 is 0 Å². The molecule has 4 heteroatoms. The van der Waals surface area contributed by atoms with Gasteiger partial charge < -0.3 is 4.90 Å². The Bertz CT molecular complexity index is 610. The summed E-state index contributed by atoms with van der Waals surface area (Å²) in [6, 6.07) is 9.68. The van der Waals surface area contributed by atoms with Crippen LogP contribution in [0.1, 0.15) is 23.7 Å². The molecule has 102 valence electrons. The summed E-state index contributed by atoms with van der Waals surface area (Å²) in [6.07, 6.45) is 9.49. The Balaban J connectivity index is 2.20. The van der Waals surface area contributed by atoms with Gasteiger partial charge in [0.1, 0.15) is 0 Å². The average molecular weight is 267 g/mol. The van der Waals surface area contributed by atoms with Gasteiger partial charge in [0.05, 0.1) is 24.0 Å². The monoisotopic (exact) mass is 267 g/mol. The summed E-state index contributed by atoms with van der Waals surface area (Å²) in [7, 11) is 0. The van der Waals surface area contributed by atoms with Gasteiger partial charge in [-0.15, -0.1) is 6.42 Å². The van der Waals surface area contributed by atoms with Crippen molar-refractivity contribution in [2.45, 2.75) is 13.3 Å². The number of hydrogen-bond donors (Lipinski definition) is 0. The van der Waals surface area contributed by atoms with Crippen LogP contribution in [-0.4, -0.2) is 33.7 Å². The van der Waals surface area contributed by atoms with Crippen molar-refractivity contribution >= 4 is 5.91 Å². The second-order valence-electron chi connectivity index (χ2n) is 4.44. The first kappa shape index (κ1) is 13.9. The topological polar surface area (TPSA) is 38.1 Å². The minimum atomic E-state index is -0.0769. The normalized spacial score (nSPS) is 10.0. The molecule has 0 unspecified atom stereocenters. The standard InChI is InChI=1S/C16H17N3O/c1-3-10-18(11-4-2)16(20)14-12-17-19(13-14)15-8-6-5-7-9-15/h1,5-9,12-13H,4,10-11H2,2H3. The molecule has 2 rings (SSSR count). The number of benzene rings is 1. The molecule has 1 heterocycles. The molecule has 0 saturated heterocycles. The summed E-state index contributed by atoms with van der Waals surface area (Å²) in [5.74, 6) is 2.44. The number of carbonyl (C=O) groups excluding carboxylic acids is 1. The van der Waals surface area contributed by atoms with Crippen LogP contribution in [0.3, 0.4) is 0 Å². The summed E-state index contributed by atoms with van der Waals surface area (Å²) in [6.45, 7) is 2.99. The zero-order valence-electron chi connectivity index (χ0n) is 11.5. The summed E-state index contributed by atoms with van der Waals surface area (Å²) < 4.78 is 1.69. The number of nitrogens with zero attached hydrogens (tertiary/aromatic N) is 3. The van der Waals surface area contributed by atoms with Gasteiger partial charge >= 0.3 is 0 Å². The van der Waals surface area contributed by atoms with Gasteiger partial charge in [-0.2, -0.15) is 5.10 Å². The lowest BCUT2D eigenvalue weighted by Crippen LogP contribution is -2.31. The maximum Gasteiger partial charge on any atom is 0.257 e. The Kier molecular flexibility index (Phi) is 4.56. The average Bonchev–Trinajstić information content (AvgIpc) is 2.97. The summed E-state index contributed by atoms with van der Waals surface area (Å²) in [5.41, 5.74) is 1.48. The molecule has 0 aliphatic carbocycles. The van der Waals surface area contributed by atoms with Crippen molar-refractivity contribution in [2.24, 2.45) is 0 Å². The van der Waals surface area contributed by atoms with Crippen LogP contribution in [0.25, 0.3) is 5.69 Å². The van der Waals surface area contributed by atoms with E-state index in [9.17, 15) is 4.79 Å². The minimum absolute atomic E-state index is 0.0769.